The highest BCUT2D eigenvalue weighted by molar-refractivity contribution is 7.88. The molecule has 1 atom stereocenters. The van der Waals surface area contributed by atoms with Gasteiger partial charge in [-0.2, -0.15) is 0 Å². The summed E-state index contributed by atoms with van der Waals surface area (Å²) >= 11 is 0. The molecule has 8 heteroatoms. The van der Waals surface area contributed by atoms with E-state index in [4.69, 9.17) is 9.47 Å². The van der Waals surface area contributed by atoms with Crippen molar-refractivity contribution in [3.63, 3.8) is 0 Å². The number of ether oxygens (including phenoxy) is 2. The van der Waals surface area contributed by atoms with Gasteiger partial charge in [0.15, 0.2) is 11.5 Å². The van der Waals surface area contributed by atoms with E-state index in [0.717, 1.165) is 18.2 Å². The highest BCUT2D eigenvalue weighted by Gasteiger charge is 2.16. The van der Waals surface area contributed by atoms with Crippen LogP contribution < -0.4 is 19.5 Å². The summed E-state index contributed by atoms with van der Waals surface area (Å²) in [5.41, 5.74) is 0.956. The van der Waals surface area contributed by atoms with Crippen LogP contribution in [0.4, 0.5) is 0 Å². The van der Waals surface area contributed by atoms with Crippen molar-refractivity contribution in [3.05, 3.63) is 23.8 Å². The predicted molar refractivity (Wildman–Crippen MR) is 101 cm³/mol. The Kier molecular flexibility index (Phi) is 8.96. The molecule has 7 nitrogen and oxygen atoms in total. The van der Waals surface area contributed by atoms with Crippen molar-refractivity contribution in [1.29, 1.82) is 0 Å². The van der Waals surface area contributed by atoms with Gasteiger partial charge in [-0.1, -0.05) is 18.9 Å². The number of hydrogen-bond acceptors (Lipinski definition) is 5. The number of methoxy groups -OCH3 is 1. The molecule has 0 aliphatic rings. The lowest BCUT2D eigenvalue weighted by Gasteiger charge is -2.13. The van der Waals surface area contributed by atoms with Crippen molar-refractivity contribution in [2.24, 2.45) is 0 Å². The number of rotatable bonds is 9. The van der Waals surface area contributed by atoms with E-state index in [-0.39, 0.29) is 5.91 Å². The molecule has 0 fully saturated rings. The summed E-state index contributed by atoms with van der Waals surface area (Å²) in [7, 11) is -1.86. The molecule has 1 rings (SSSR count). The fourth-order valence-corrected chi connectivity index (χ4v) is 2.88. The van der Waals surface area contributed by atoms with E-state index in [1.807, 2.05) is 19.1 Å². The summed E-state index contributed by atoms with van der Waals surface area (Å²) in [4.78, 5) is 11.9. The Balaban J connectivity index is 2.56. The molecule has 0 saturated heterocycles. The van der Waals surface area contributed by atoms with Crippen LogP contribution in [0, 0.1) is 11.8 Å². The van der Waals surface area contributed by atoms with Gasteiger partial charge in [0.1, 0.15) is 6.61 Å². The average molecular weight is 382 g/mol. The van der Waals surface area contributed by atoms with Crippen LogP contribution in [0.5, 0.6) is 11.5 Å². The first-order valence-corrected chi connectivity index (χ1v) is 10.2. The molecule has 0 heterocycles. The van der Waals surface area contributed by atoms with Gasteiger partial charge in [0, 0.05) is 13.0 Å². The summed E-state index contributed by atoms with van der Waals surface area (Å²) in [6.45, 7) is 4.14. The second kappa shape index (κ2) is 10.7. The van der Waals surface area contributed by atoms with Crippen molar-refractivity contribution in [1.82, 2.24) is 10.0 Å². The van der Waals surface area contributed by atoms with Crippen LogP contribution in [0.25, 0.3) is 0 Å². The van der Waals surface area contributed by atoms with Crippen LogP contribution >= 0.6 is 0 Å². The molecular weight excluding hydrogens is 356 g/mol. The zero-order chi connectivity index (χ0) is 19.6. The van der Waals surface area contributed by atoms with Crippen LogP contribution in [0.3, 0.4) is 0 Å². The summed E-state index contributed by atoms with van der Waals surface area (Å²) in [5, 5.41) is 2.70. The molecule has 0 spiro atoms. The Hall–Kier alpha value is -2.24. The summed E-state index contributed by atoms with van der Waals surface area (Å²) in [6.07, 6.45) is 2.37. The van der Waals surface area contributed by atoms with E-state index in [1.54, 1.807) is 13.2 Å². The minimum absolute atomic E-state index is 0.296. The smallest absolute Gasteiger partial charge is 0.237 e. The van der Waals surface area contributed by atoms with Gasteiger partial charge in [0.25, 0.3) is 0 Å². The number of hydrogen-bond donors (Lipinski definition) is 2. The van der Waals surface area contributed by atoms with Gasteiger partial charge in [-0.25, -0.2) is 13.1 Å². The number of amides is 1. The number of nitrogens with one attached hydrogen (secondary N) is 2. The number of carbonyl (C=O) groups is 1. The van der Waals surface area contributed by atoms with E-state index < -0.39 is 16.1 Å². The molecule has 144 valence electrons. The maximum atomic E-state index is 11.9. The first-order valence-electron chi connectivity index (χ1n) is 8.27. The van der Waals surface area contributed by atoms with E-state index in [9.17, 15) is 13.2 Å². The Bertz CT molecular complexity index is 766. The molecule has 2 N–H and O–H groups in total. The molecule has 0 bridgehead atoms. The minimum Gasteiger partial charge on any atom is -0.493 e. The van der Waals surface area contributed by atoms with Crippen LogP contribution in [0.15, 0.2) is 18.2 Å². The lowest BCUT2D eigenvalue weighted by molar-refractivity contribution is -0.122. The van der Waals surface area contributed by atoms with Crippen molar-refractivity contribution < 1.29 is 22.7 Å². The fourth-order valence-electron chi connectivity index (χ4n) is 2.13. The third-order valence-electron chi connectivity index (χ3n) is 3.33. The van der Waals surface area contributed by atoms with Crippen LogP contribution in [-0.4, -0.2) is 46.9 Å². The van der Waals surface area contributed by atoms with Gasteiger partial charge < -0.3 is 14.8 Å². The van der Waals surface area contributed by atoms with Crippen LogP contribution in [0.1, 0.15) is 25.8 Å². The summed E-state index contributed by atoms with van der Waals surface area (Å²) in [5.74, 6) is 6.66. The third-order valence-corrected chi connectivity index (χ3v) is 4.11. The summed E-state index contributed by atoms with van der Waals surface area (Å²) < 4.78 is 35.4. The number of sulfonamides is 1. The molecular formula is C18H26N2O5S. The normalized spacial score (nSPS) is 11.8. The van der Waals surface area contributed by atoms with Crippen molar-refractivity contribution in [2.45, 2.75) is 32.7 Å². The molecule has 0 aliphatic heterocycles. The molecule has 0 radical (unpaired) electrons. The van der Waals surface area contributed by atoms with Crippen molar-refractivity contribution in [2.75, 3.05) is 26.5 Å². The maximum absolute atomic E-state index is 11.9. The average Bonchev–Trinajstić information content (AvgIpc) is 2.57. The predicted octanol–water partition coefficient (Wildman–Crippen LogP) is 1.08. The second-order valence-electron chi connectivity index (χ2n) is 5.63. The molecule has 0 aromatic heterocycles. The first-order chi connectivity index (χ1) is 12.3. The third kappa shape index (κ3) is 8.23. The Morgan fingerprint density at radius 1 is 1.27 bits per heavy atom. The van der Waals surface area contributed by atoms with Gasteiger partial charge in [0.05, 0.1) is 19.4 Å². The Morgan fingerprint density at radius 3 is 2.62 bits per heavy atom. The quantitative estimate of drug-likeness (QED) is 0.624. The van der Waals surface area contributed by atoms with Crippen molar-refractivity contribution >= 4 is 15.9 Å². The molecule has 1 aromatic carbocycles. The zero-order valence-electron chi connectivity index (χ0n) is 15.6. The van der Waals surface area contributed by atoms with Crippen LogP contribution in [0.2, 0.25) is 0 Å². The highest BCUT2D eigenvalue weighted by Crippen LogP contribution is 2.28. The lowest BCUT2D eigenvalue weighted by atomic mass is 10.1. The number of benzene rings is 1. The van der Waals surface area contributed by atoms with E-state index in [2.05, 4.69) is 21.9 Å². The van der Waals surface area contributed by atoms with Gasteiger partial charge >= 0.3 is 0 Å². The number of carbonyl (C=O) groups excluding carboxylic acids is 1. The van der Waals surface area contributed by atoms with E-state index >= 15 is 0 Å². The standard InChI is InChI=1S/C18H26N2O5S/c1-5-6-7-12-25-16-9-8-15(13-17(16)24-3)10-11-19-18(21)14(2)20-26(4,22)23/h8-9,13-14,20H,5,10-12H2,1-4H3,(H,19,21)/t14-/m0/s1. The monoisotopic (exact) mass is 382 g/mol. The molecule has 1 aromatic rings. The van der Waals surface area contributed by atoms with Gasteiger partial charge in [-0.05, 0) is 31.0 Å². The minimum atomic E-state index is -3.42. The molecule has 0 unspecified atom stereocenters. The lowest BCUT2D eigenvalue weighted by Crippen LogP contribution is -2.44. The Morgan fingerprint density at radius 2 is 2.00 bits per heavy atom. The van der Waals surface area contributed by atoms with Gasteiger partial charge in [0.2, 0.25) is 15.9 Å². The maximum Gasteiger partial charge on any atom is 0.237 e. The molecule has 0 saturated carbocycles. The molecule has 0 aliphatic carbocycles. The molecule has 26 heavy (non-hydrogen) atoms. The van der Waals surface area contributed by atoms with E-state index in [1.165, 1.54) is 6.92 Å². The largest absolute Gasteiger partial charge is 0.493 e. The van der Waals surface area contributed by atoms with Gasteiger partial charge in [-0.15, -0.1) is 5.92 Å². The van der Waals surface area contributed by atoms with Crippen molar-refractivity contribution in [3.8, 4) is 23.3 Å². The topological polar surface area (TPSA) is 93.7 Å². The Labute approximate surface area is 155 Å². The first kappa shape index (κ1) is 21.8. The SMILES string of the molecule is CCC#CCOc1ccc(CCNC(=O)[C@H](C)NS(C)(=O)=O)cc1OC. The highest BCUT2D eigenvalue weighted by atomic mass is 32.2. The van der Waals surface area contributed by atoms with Crippen LogP contribution in [-0.2, 0) is 21.2 Å². The summed E-state index contributed by atoms with van der Waals surface area (Å²) in [6, 6.07) is 4.71. The molecule has 1 amide bonds. The fraction of sp³-hybridized carbons (Fsp3) is 0.500. The second-order valence-corrected chi connectivity index (χ2v) is 7.41. The van der Waals surface area contributed by atoms with Gasteiger partial charge in [-0.3, -0.25) is 4.79 Å². The van der Waals surface area contributed by atoms with E-state index in [0.29, 0.717) is 31.1 Å². The zero-order valence-corrected chi connectivity index (χ0v) is 16.4.